The van der Waals surface area contributed by atoms with Gasteiger partial charge >= 0.3 is 0 Å². The number of carbonyl (C=O) groups excluding carboxylic acids is 1. The van der Waals surface area contributed by atoms with Crippen LogP contribution in [0.3, 0.4) is 0 Å². The van der Waals surface area contributed by atoms with Crippen molar-refractivity contribution in [2.75, 3.05) is 25.0 Å². The Morgan fingerprint density at radius 1 is 1.42 bits per heavy atom. The van der Waals surface area contributed by atoms with Gasteiger partial charge in [0.1, 0.15) is 11.5 Å². The maximum Gasteiger partial charge on any atom is 0.274 e. The van der Waals surface area contributed by atoms with Crippen LogP contribution in [-0.4, -0.2) is 40.4 Å². The standard InChI is InChI=1S/C14H22N4O/c1-3-7-18(10-11-5-6-11)14(19)12-8-15-9-13(17-12)16-4-2/h8-9,11H,3-7,10H2,1-2H3,(H,16,17). The van der Waals surface area contributed by atoms with Gasteiger partial charge in [-0.25, -0.2) is 4.98 Å². The molecule has 1 amide bonds. The van der Waals surface area contributed by atoms with Gasteiger partial charge in [0.2, 0.25) is 0 Å². The number of hydrogen-bond donors (Lipinski definition) is 1. The van der Waals surface area contributed by atoms with E-state index in [1.165, 1.54) is 12.8 Å². The van der Waals surface area contributed by atoms with Crippen molar-refractivity contribution in [1.29, 1.82) is 0 Å². The molecule has 1 aliphatic carbocycles. The van der Waals surface area contributed by atoms with Crippen molar-refractivity contribution in [3.05, 3.63) is 18.1 Å². The molecule has 19 heavy (non-hydrogen) atoms. The van der Waals surface area contributed by atoms with Crippen molar-refractivity contribution < 1.29 is 4.79 Å². The van der Waals surface area contributed by atoms with Gasteiger partial charge in [0.25, 0.3) is 5.91 Å². The maximum atomic E-state index is 12.5. The van der Waals surface area contributed by atoms with Gasteiger partial charge in [-0.1, -0.05) is 6.92 Å². The molecule has 0 bridgehead atoms. The molecule has 1 N–H and O–H groups in total. The molecule has 104 valence electrons. The zero-order chi connectivity index (χ0) is 13.7. The highest BCUT2D eigenvalue weighted by Gasteiger charge is 2.27. The Labute approximate surface area is 114 Å². The Morgan fingerprint density at radius 2 is 2.21 bits per heavy atom. The molecule has 0 saturated heterocycles. The molecule has 0 radical (unpaired) electrons. The summed E-state index contributed by atoms with van der Waals surface area (Å²) in [6.07, 6.45) is 6.66. The molecule has 5 nitrogen and oxygen atoms in total. The fourth-order valence-electron chi connectivity index (χ4n) is 2.06. The number of amides is 1. The molecule has 0 aliphatic heterocycles. The van der Waals surface area contributed by atoms with Gasteiger partial charge in [-0.3, -0.25) is 9.78 Å². The van der Waals surface area contributed by atoms with E-state index in [0.717, 1.165) is 26.1 Å². The Morgan fingerprint density at radius 3 is 2.84 bits per heavy atom. The largest absolute Gasteiger partial charge is 0.369 e. The molecule has 5 heteroatoms. The second-order valence-electron chi connectivity index (χ2n) is 5.01. The highest BCUT2D eigenvalue weighted by atomic mass is 16.2. The predicted molar refractivity (Wildman–Crippen MR) is 75.1 cm³/mol. The van der Waals surface area contributed by atoms with E-state index in [1.54, 1.807) is 12.4 Å². The number of nitrogens with zero attached hydrogens (tertiary/aromatic N) is 3. The molecule has 1 fully saturated rings. The van der Waals surface area contributed by atoms with Crippen molar-refractivity contribution >= 4 is 11.7 Å². The number of hydrogen-bond acceptors (Lipinski definition) is 4. The van der Waals surface area contributed by atoms with Crippen molar-refractivity contribution in [2.24, 2.45) is 5.92 Å². The molecule has 1 saturated carbocycles. The summed E-state index contributed by atoms with van der Waals surface area (Å²) in [5, 5.41) is 3.08. The van der Waals surface area contributed by atoms with Crippen LogP contribution in [0.1, 0.15) is 43.6 Å². The van der Waals surface area contributed by atoms with E-state index in [2.05, 4.69) is 22.2 Å². The summed E-state index contributed by atoms with van der Waals surface area (Å²) < 4.78 is 0. The highest BCUT2D eigenvalue weighted by molar-refractivity contribution is 5.92. The van der Waals surface area contributed by atoms with Gasteiger partial charge in [-0.05, 0) is 32.1 Å². The fraction of sp³-hybridized carbons (Fsp3) is 0.643. The second kappa shape index (κ2) is 6.50. The minimum absolute atomic E-state index is 0.000929. The van der Waals surface area contributed by atoms with Crippen LogP contribution in [0.15, 0.2) is 12.4 Å². The molecule has 0 aromatic carbocycles. The lowest BCUT2D eigenvalue weighted by Crippen LogP contribution is -2.34. The SMILES string of the molecule is CCCN(CC1CC1)C(=O)c1cncc(NCC)n1. The Bertz CT molecular complexity index is 431. The lowest BCUT2D eigenvalue weighted by atomic mass is 10.3. The first-order chi connectivity index (χ1) is 9.24. The zero-order valence-electron chi connectivity index (χ0n) is 11.7. The molecule has 1 aromatic heterocycles. The lowest BCUT2D eigenvalue weighted by molar-refractivity contribution is 0.0741. The lowest BCUT2D eigenvalue weighted by Gasteiger charge is -2.21. The Kier molecular flexibility index (Phi) is 4.71. The fourth-order valence-corrected chi connectivity index (χ4v) is 2.06. The van der Waals surface area contributed by atoms with Crippen LogP contribution in [-0.2, 0) is 0 Å². The minimum Gasteiger partial charge on any atom is -0.369 e. The minimum atomic E-state index is 0.000929. The third-order valence-corrected chi connectivity index (χ3v) is 3.17. The Balaban J connectivity index is 2.08. The first kappa shape index (κ1) is 13.8. The van der Waals surface area contributed by atoms with E-state index in [9.17, 15) is 4.79 Å². The van der Waals surface area contributed by atoms with Crippen LogP contribution < -0.4 is 5.32 Å². The first-order valence-electron chi connectivity index (χ1n) is 7.09. The molecule has 0 spiro atoms. The van der Waals surface area contributed by atoms with Gasteiger partial charge in [0.05, 0.1) is 12.4 Å². The van der Waals surface area contributed by atoms with Crippen LogP contribution in [0.2, 0.25) is 0 Å². The number of carbonyl (C=O) groups is 1. The molecular formula is C14H22N4O. The van der Waals surface area contributed by atoms with E-state index >= 15 is 0 Å². The first-order valence-corrected chi connectivity index (χ1v) is 7.09. The molecule has 0 atom stereocenters. The summed E-state index contributed by atoms with van der Waals surface area (Å²) in [5.74, 6) is 1.36. The van der Waals surface area contributed by atoms with Gasteiger partial charge in [-0.2, -0.15) is 0 Å². The van der Waals surface area contributed by atoms with Crippen LogP contribution in [0, 0.1) is 5.92 Å². The number of aromatic nitrogens is 2. The highest BCUT2D eigenvalue weighted by Crippen LogP contribution is 2.30. The van der Waals surface area contributed by atoms with Gasteiger partial charge in [-0.15, -0.1) is 0 Å². The summed E-state index contributed by atoms with van der Waals surface area (Å²) in [7, 11) is 0. The topological polar surface area (TPSA) is 58.1 Å². The van der Waals surface area contributed by atoms with Crippen LogP contribution in [0.25, 0.3) is 0 Å². The van der Waals surface area contributed by atoms with Gasteiger partial charge in [0, 0.05) is 19.6 Å². The summed E-state index contributed by atoms with van der Waals surface area (Å²) in [6.45, 7) is 6.51. The maximum absolute atomic E-state index is 12.5. The number of nitrogens with one attached hydrogen (secondary N) is 1. The third-order valence-electron chi connectivity index (χ3n) is 3.17. The van der Waals surface area contributed by atoms with Crippen LogP contribution in [0.5, 0.6) is 0 Å². The second-order valence-corrected chi connectivity index (χ2v) is 5.01. The number of rotatable bonds is 7. The number of anilines is 1. The van der Waals surface area contributed by atoms with E-state index < -0.39 is 0 Å². The van der Waals surface area contributed by atoms with E-state index in [4.69, 9.17) is 0 Å². The summed E-state index contributed by atoms with van der Waals surface area (Å²) >= 11 is 0. The molecule has 0 unspecified atom stereocenters. The van der Waals surface area contributed by atoms with Crippen molar-refractivity contribution in [3.8, 4) is 0 Å². The van der Waals surface area contributed by atoms with Crippen LogP contribution >= 0.6 is 0 Å². The third kappa shape index (κ3) is 3.91. The molecule has 1 heterocycles. The summed E-state index contributed by atoms with van der Waals surface area (Å²) in [6, 6.07) is 0. The van der Waals surface area contributed by atoms with Crippen molar-refractivity contribution in [2.45, 2.75) is 33.1 Å². The van der Waals surface area contributed by atoms with Gasteiger partial charge in [0.15, 0.2) is 0 Å². The average Bonchev–Trinajstić information content (AvgIpc) is 3.22. The summed E-state index contributed by atoms with van der Waals surface area (Å²) in [5.41, 5.74) is 0.438. The van der Waals surface area contributed by atoms with Gasteiger partial charge < -0.3 is 10.2 Å². The van der Waals surface area contributed by atoms with E-state index in [1.807, 2.05) is 11.8 Å². The smallest absolute Gasteiger partial charge is 0.274 e. The molecule has 1 aromatic rings. The van der Waals surface area contributed by atoms with Crippen molar-refractivity contribution in [1.82, 2.24) is 14.9 Å². The summed E-state index contributed by atoms with van der Waals surface area (Å²) in [4.78, 5) is 22.8. The Hall–Kier alpha value is -1.65. The molecule has 1 aliphatic rings. The van der Waals surface area contributed by atoms with Crippen LogP contribution in [0.4, 0.5) is 5.82 Å². The van der Waals surface area contributed by atoms with E-state index in [0.29, 0.717) is 17.4 Å². The zero-order valence-corrected chi connectivity index (χ0v) is 11.7. The molecular weight excluding hydrogens is 240 g/mol. The average molecular weight is 262 g/mol. The normalized spacial score (nSPS) is 14.2. The molecule has 2 rings (SSSR count). The van der Waals surface area contributed by atoms with Crippen molar-refractivity contribution in [3.63, 3.8) is 0 Å². The van der Waals surface area contributed by atoms with E-state index in [-0.39, 0.29) is 5.91 Å². The quantitative estimate of drug-likeness (QED) is 0.818. The monoisotopic (exact) mass is 262 g/mol. The predicted octanol–water partition coefficient (Wildman–Crippen LogP) is 2.17.